The van der Waals surface area contributed by atoms with E-state index in [1.54, 1.807) is 17.5 Å². The van der Waals surface area contributed by atoms with Gasteiger partial charge in [-0.05, 0) is 18.4 Å². The van der Waals surface area contributed by atoms with E-state index in [1.807, 2.05) is 0 Å². The molecule has 0 aromatic carbocycles. The molecule has 0 aliphatic heterocycles. The third-order valence-corrected chi connectivity index (χ3v) is 2.79. The van der Waals surface area contributed by atoms with Crippen LogP contribution in [0.25, 0.3) is 0 Å². The fourth-order valence-corrected chi connectivity index (χ4v) is 1.88. The van der Waals surface area contributed by atoms with Crippen LogP contribution < -0.4 is 5.73 Å². The number of thiophene rings is 1. The van der Waals surface area contributed by atoms with Crippen molar-refractivity contribution in [3.63, 3.8) is 0 Å². The van der Waals surface area contributed by atoms with E-state index in [2.05, 4.69) is 6.58 Å². The molecule has 0 spiro atoms. The average molecular weight is 212 g/mol. The van der Waals surface area contributed by atoms with Crippen molar-refractivity contribution >= 4 is 16.3 Å². The lowest BCUT2D eigenvalue weighted by atomic mass is 10.1. The molecule has 1 aromatic rings. The lowest BCUT2D eigenvalue weighted by molar-refractivity contribution is -0.380. The zero-order chi connectivity index (χ0) is 10.6. The fourth-order valence-electron chi connectivity index (χ4n) is 1.09. The number of rotatable bonds is 5. The summed E-state index contributed by atoms with van der Waals surface area (Å²) in [7, 11) is 0. The van der Waals surface area contributed by atoms with Crippen molar-refractivity contribution in [3.05, 3.63) is 39.8 Å². The minimum atomic E-state index is -0.394. The molecule has 0 bridgehead atoms. The molecule has 0 aliphatic carbocycles. The molecule has 2 N–H and O–H groups in total. The van der Waals surface area contributed by atoms with Crippen molar-refractivity contribution in [2.24, 2.45) is 5.73 Å². The second kappa shape index (κ2) is 4.88. The van der Waals surface area contributed by atoms with E-state index in [1.165, 1.54) is 0 Å². The van der Waals surface area contributed by atoms with Gasteiger partial charge in [0.2, 0.25) is 0 Å². The normalized spacial score (nSPS) is 12.4. The Labute approximate surface area is 86.2 Å². The van der Waals surface area contributed by atoms with Crippen molar-refractivity contribution in [1.29, 1.82) is 0 Å². The zero-order valence-electron chi connectivity index (χ0n) is 7.68. The third-order valence-electron chi connectivity index (χ3n) is 1.90. The Balaban J connectivity index is 2.66. The van der Waals surface area contributed by atoms with Gasteiger partial charge in [-0.1, -0.05) is 17.4 Å². The predicted molar refractivity (Wildman–Crippen MR) is 57.3 cm³/mol. The molecule has 1 atom stereocenters. The molecule has 1 rings (SSSR count). The summed E-state index contributed by atoms with van der Waals surface area (Å²) in [5.74, 6) is 0. The largest absolute Gasteiger partial charge is 0.324 e. The molecule has 0 saturated carbocycles. The van der Waals surface area contributed by atoms with E-state index in [4.69, 9.17) is 5.73 Å². The Morgan fingerprint density at radius 1 is 1.79 bits per heavy atom. The van der Waals surface area contributed by atoms with Gasteiger partial charge < -0.3 is 5.73 Å². The van der Waals surface area contributed by atoms with Gasteiger partial charge in [-0.15, -0.1) is 6.58 Å². The van der Waals surface area contributed by atoms with E-state index >= 15 is 0 Å². The number of allylic oxidation sites excluding steroid dienone is 1. The molecule has 5 heteroatoms. The van der Waals surface area contributed by atoms with Crippen LogP contribution in [-0.2, 0) is 0 Å². The topological polar surface area (TPSA) is 69.2 Å². The third kappa shape index (κ3) is 2.65. The van der Waals surface area contributed by atoms with Crippen LogP contribution in [0.3, 0.4) is 0 Å². The van der Waals surface area contributed by atoms with Crippen LogP contribution in [-0.4, -0.2) is 4.92 Å². The fraction of sp³-hybridized carbons (Fsp3) is 0.333. The number of hydrogen-bond donors (Lipinski definition) is 1. The van der Waals surface area contributed by atoms with Crippen molar-refractivity contribution in [1.82, 2.24) is 0 Å². The van der Waals surface area contributed by atoms with Crippen LogP contribution >= 0.6 is 11.3 Å². The summed E-state index contributed by atoms with van der Waals surface area (Å²) in [6, 6.07) is 1.41. The summed E-state index contributed by atoms with van der Waals surface area (Å²) in [6.07, 6.45) is 3.39. The summed E-state index contributed by atoms with van der Waals surface area (Å²) < 4.78 is 0. The maximum atomic E-state index is 10.4. The van der Waals surface area contributed by atoms with Gasteiger partial charge in [0.05, 0.1) is 4.92 Å². The maximum Gasteiger partial charge on any atom is 0.324 e. The minimum Gasteiger partial charge on any atom is -0.324 e. The summed E-state index contributed by atoms with van der Waals surface area (Å²) in [5.41, 5.74) is 6.67. The Bertz CT molecular complexity index is 335. The van der Waals surface area contributed by atoms with E-state index < -0.39 is 4.92 Å². The SMILES string of the molecule is C=CCC[C@@H](N)c1csc([N+](=O)[O-])c1. The summed E-state index contributed by atoms with van der Waals surface area (Å²) in [6.45, 7) is 3.60. The van der Waals surface area contributed by atoms with Gasteiger partial charge in [0, 0.05) is 17.5 Å². The Morgan fingerprint density at radius 2 is 2.50 bits per heavy atom. The van der Waals surface area contributed by atoms with Crippen LogP contribution in [0.15, 0.2) is 24.1 Å². The van der Waals surface area contributed by atoms with Crippen molar-refractivity contribution in [3.8, 4) is 0 Å². The molecule has 0 aliphatic rings. The number of hydrogen-bond acceptors (Lipinski definition) is 4. The first kappa shape index (κ1) is 10.9. The van der Waals surface area contributed by atoms with Crippen LogP contribution in [0.2, 0.25) is 0 Å². The molecule has 0 fully saturated rings. The van der Waals surface area contributed by atoms with E-state index in [0.29, 0.717) is 0 Å². The summed E-state index contributed by atoms with van der Waals surface area (Å²) in [4.78, 5) is 10.0. The van der Waals surface area contributed by atoms with E-state index in [9.17, 15) is 10.1 Å². The number of nitrogens with two attached hydrogens (primary N) is 1. The monoisotopic (exact) mass is 212 g/mol. The standard InChI is InChI=1S/C9H12N2O2S/c1-2-3-4-8(10)7-5-9(11(12)13)14-6-7/h2,5-6,8H,1,3-4,10H2/t8-/m1/s1. The van der Waals surface area contributed by atoms with Crippen LogP contribution in [0.1, 0.15) is 24.4 Å². The van der Waals surface area contributed by atoms with Crippen molar-refractivity contribution in [2.75, 3.05) is 0 Å². The van der Waals surface area contributed by atoms with Gasteiger partial charge >= 0.3 is 5.00 Å². The quantitative estimate of drug-likeness (QED) is 0.463. The van der Waals surface area contributed by atoms with Crippen molar-refractivity contribution < 1.29 is 4.92 Å². The summed E-state index contributed by atoms with van der Waals surface area (Å²) >= 11 is 1.11. The van der Waals surface area contributed by atoms with Crippen LogP contribution in [0, 0.1) is 10.1 Å². The Kier molecular flexibility index (Phi) is 3.79. The average Bonchev–Trinajstić information content (AvgIpc) is 2.62. The highest BCUT2D eigenvalue weighted by Gasteiger charge is 2.13. The highest BCUT2D eigenvalue weighted by atomic mass is 32.1. The molecule has 0 unspecified atom stereocenters. The lowest BCUT2D eigenvalue weighted by Gasteiger charge is -2.06. The highest BCUT2D eigenvalue weighted by Crippen LogP contribution is 2.27. The van der Waals surface area contributed by atoms with E-state index in [-0.39, 0.29) is 11.0 Å². The number of nitro groups is 1. The Hall–Kier alpha value is -1.20. The molecular formula is C9H12N2O2S. The molecule has 0 amide bonds. The van der Waals surface area contributed by atoms with Gasteiger partial charge in [-0.2, -0.15) is 0 Å². The van der Waals surface area contributed by atoms with Gasteiger partial charge in [0.15, 0.2) is 0 Å². The molecule has 76 valence electrons. The molecule has 0 saturated heterocycles. The van der Waals surface area contributed by atoms with Gasteiger partial charge in [-0.25, -0.2) is 0 Å². The molecule has 0 radical (unpaired) electrons. The molecule has 14 heavy (non-hydrogen) atoms. The molecule has 4 nitrogen and oxygen atoms in total. The second-order valence-corrected chi connectivity index (χ2v) is 3.84. The Morgan fingerprint density at radius 3 is 3.00 bits per heavy atom. The summed E-state index contributed by atoms with van der Waals surface area (Å²) in [5, 5.41) is 12.3. The highest BCUT2D eigenvalue weighted by molar-refractivity contribution is 7.13. The molecule has 1 heterocycles. The second-order valence-electron chi connectivity index (χ2n) is 2.95. The number of nitrogens with zero attached hydrogens (tertiary/aromatic N) is 1. The lowest BCUT2D eigenvalue weighted by Crippen LogP contribution is -2.08. The van der Waals surface area contributed by atoms with Gasteiger partial charge in [0.1, 0.15) is 0 Å². The zero-order valence-corrected chi connectivity index (χ0v) is 8.50. The molecule has 1 aromatic heterocycles. The first-order valence-electron chi connectivity index (χ1n) is 4.24. The van der Waals surface area contributed by atoms with Crippen molar-refractivity contribution in [2.45, 2.75) is 18.9 Å². The minimum absolute atomic E-state index is 0.127. The van der Waals surface area contributed by atoms with Crippen LogP contribution in [0.5, 0.6) is 0 Å². The first-order valence-corrected chi connectivity index (χ1v) is 5.12. The van der Waals surface area contributed by atoms with Gasteiger partial charge in [-0.3, -0.25) is 10.1 Å². The predicted octanol–water partition coefficient (Wildman–Crippen LogP) is 2.62. The molecular weight excluding hydrogens is 200 g/mol. The van der Waals surface area contributed by atoms with Crippen LogP contribution in [0.4, 0.5) is 5.00 Å². The first-order chi connectivity index (χ1) is 6.65. The van der Waals surface area contributed by atoms with Gasteiger partial charge in [0.25, 0.3) is 0 Å². The smallest absolute Gasteiger partial charge is 0.324 e. The maximum absolute atomic E-state index is 10.4. The van der Waals surface area contributed by atoms with E-state index in [0.717, 1.165) is 29.7 Å².